The number of aromatic nitrogens is 1. The van der Waals surface area contributed by atoms with Gasteiger partial charge in [-0.15, -0.1) is 10.2 Å². The van der Waals surface area contributed by atoms with Gasteiger partial charge < -0.3 is 14.9 Å². The number of benzene rings is 3. The van der Waals surface area contributed by atoms with Gasteiger partial charge in [-0.25, -0.2) is 0 Å². The molecule has 0 aliphatic rings. The predicted molar refractivity (Wildman–Crippen MR) is 111 cm³/mol. The Morgan fingerprint density at radius 3 is 2.57 bits per heavy atom. The third-order valence-corrected chi connectivity index (χ3v) is 4.41. The predicted octanol–water partition coefficient (Wildman–Crippen LogP) is 5.32. The molecule has 0 unspecified atom stereocenters. The van der Waals surface area contributed by atoms with Crippen LogP contribution in [0.25, 0.3) is 10.8 Å². The number of phenols is 1. The van der Waals surface area contributed by atoms with Crippen LogP contribution in [0.15, 0.2) is 75.4 Å². The van der Waals surface area contributed by atoms with Crippen molar-refractivity contribution in [2.75, 3.05) is 5.32 Å². The monoisotopic (exact) mass is 400 g/mol. The van der Waals surface area contributed by atoms with Gasteiger partial charge in [0.05, 0.1) is 5.56 Å². The Hall–Kier alpha value is -4.33. The molecular formula is C22H16N4O4. The first-order valence-corrected chi connectivity index (χ1v) is 9.01. The number of amides is 1. The van der Waals surface area contributed by atoms with Crippen molar-refractivity contribution in [2.24, 2.45) is 10.2 Å². The topological polar surface area (TPSA) is 117 Å². The van der Waals surface area contributed by atoms with Gasteiger partial charge in [-0.1, -0.05) is 29.4 Å². The molecule has 0 saturated carbocycles. The van der Waals surface area contributed by atoms with Gasteiger partial charge in [0, 0.05) is 22.7 Å². The van der Waals surface area contributed by atoms with E-state index in [1.54, 1.807) is 55.5 Å². The third-order valence-electron chi connectivity index (χ3n) is 4.41. The molecule has 0 atom stereocenters. The number of hydrogen-bond acceptors (Lipinski definition) is 7. The molecule has 8 heteroatoms. The fourth-order valence-corrected chi connectivity index (χ4v) is 2.94. The molecule has 8 nitrogen and oxygen atoms in total. The summed E-state index contributed by atoms with van der Waals surface area (Å²) in [6, 6.07) is 16.8. The molecule has 4 aromatic rings. The fourth-order valence-electron chi connectivity index (χ4n) is 2.94. The Morgan fingerprint density at radius 2 is 1.87 bits per heavy atom. The number of rotatable bonds is 5. The number of hydrogen-bond donors (Lipinski definition) is 2. The molecule has 0 fully saturated rings. The number of carbonyl (C=O) groups excluding carboxylic acids is 2. The van der Waals surface area contributed by atoms with Gasteiger partial charge in [0.15, 0.2) is 5.75 Å². The molecule has 1 heterocycles. The second kappa shape index (κ2) is 7.96. The summed E-state index contributed by atoms with van der Waals surface area (Å²) in [5.41, 5.74) is 1.17. The van der Waals surface area contributed by atoms with E-state index in [-0.39, 0.29) is 22.8 Å². The SMILES string of the molecule is Cc1cc(N=Nc2c(O)c(C(=O)Nc3ccc(C=O)cc3)cc3ccccc23)no1. The van der Waals surface area contributed by atoms with Crippen molar-refractivity contribution in [1.82, 2.24) is 5.16 Å². The number of fused-ring (bicyclic) bond motifs is 1. The lowest BCUT2D eigenvalue weighted by Crippen LogP contribution is -2.12. The van der Waals surface area contributed by atoms with E-state index in [1.807, 2.05) is 12.1 Å². The Morgan fingerprint density at radius 1 is 1.10 bits per heavy atom. The molecule has 4 rings (SSSR count). The minimum atomic E-state index is -0.522. The van der Waals surface area contributed by atoms with Gasteiger partial charge in [0.1, 0.15) is 17.7 Å². The number of nitrogens with one attached hydrogen (secondary N) is 1. The van der Waals surface area contributed by atoms with Crippen LogP contribution < -0.4 is 5.32 Å². The van der Waals surface area contributed by atoms with Crippen LogP contribution in [0.5, 0.6) is 5.75 Å². The lowest BCUT2D eigenvalue weighted by atomic mass is 10.0. The zero-order valence-electron chi connectivity index (χ0n) is 15.9. The van der Waals surface area contributed by atoms with E-state index in [2.05, 4.69) is 20.7 Å². The highest BCUT2D eigenvalue weighted by Crippen LogP contribution is 2.39. The second-order valence-corrected chi connectivity index (χ2v) is 6.53. The lowest BCUT2D eigenvalue weighted by molar-refractivity contribution is 0.102. The minimum absolute atomic E-state index is 0.0402. The van der Waals surface area contributed by atoms with Crippen LogP contribution in [0, 0.1) is 6.92 Å². The van der Waals surface area contributed by atoms with Crippen molar-refractivity contribution in [3.8, 4) is 5.75 Å². The van der Waals surface area contributed by atoms with E-state index >= 15 is 0 Å². The van der Waals surface area contributed by atoms with Crippen molar-refractivity contribution in [1.29, 1.82) is 0 Å². The summed E-state index contributed by atoms with van der Waals surface area (Å²) in [4.78, 5) is 23.6. The zero-order chi connectivity index (χ0) is 21.1. The van der Waals surface area contributed by atoms with Gasteiger partial charge in [0.2, 0.25) is 5.82 Å². The standard InChI is InChI=1S/C22H16N4O4/c1-13-10-19(26-30-13)24-25-20-17-5-3-2-4-15(17)11-18(21(20)28)22(29)23-16-8-6-14(12-27)7-9-16/h2-12,28H,1H3,(H,23,29). The molecule has 2 N–H and O–H groups in total. The highest BCUT2D eigenvalue weighted by Gasteiger charge is 2.18. The van der Waals surface area contributed by atoms with Crippen molar-refractivity contribution >= 4 is 40.2 Å². The molecule has 0 saturated heterocycles. The molecular weight excluding hydrogens is 384 g/mol. The smallest absolute Gasteiger partial charge is 0.259 e. The maximum Gasteiger partial charge on any atom is 0.259 e. The Kier molecular flexibility index (Phi) is 5.04. The van der Waals surface area contributed by atoms with E-state index in [0.717, 1.165) is 0 Å². The first kappa shape index (κ1) is 19.0. The number of phenolic OH excluding ortho intramolecular Hbond substituents is 1. The van der Waals surface area contributed by atoms with E-state index in [0.29, 0.717) is 34.1 Å². The highest BCUT2D eigenvalue weighted by molar-refractivity contribution is 6.11. The van der Waals surface area contributed by atoms with Crippen LogP contribution in [0.4, 0.5) is 17.2 Å². The number of carbonyl (C=O) groups is 2. The summed E-state index contributed by atoms with van der Waals surface area (Å²) in [6.45, 7) is 1.73. The van der Waals surface area contributed by atoms with Crippen molar-refractivity contribution in [3.05, 3.63) is 77.6 Å². The summed E-state index contributed by atoms with van der Waals surface area (Å²) in [6.07, 6.45) is 0.717. The molecule has 1 aromatic heterocycles. The van der Waals surface area contributed by atoms with Crippen LogP contribution >= 0.6 is 0 Å². The summed E-state index contributed by atoms with van der Waals surface area (Å²) in [5, 5.41) is 26.7. The second-order valence-electron chi connectivity index (χ2n) is 6.53. The van der Waals surface area contributed by atoms with E-state index in [1.165, 1.54) is 0 Å². The molecule has 0 aliphatic carbocycles. The summed E-state index contributed by atoms with van der Waals surface area (Å²) in [7, 11) is 0. The number of nitrogens with zero attached hydrogens (tertiary/aromatic N) is 3. The first-order chi connectivity index (χ1) is 14.5. The molecule has 3 aromatic carbocycles. The van der Waals surface area contributed by atoms with Crippen LogP contribution in [-0.4, -0.2) is 22.5 Å². The Labute approximate surface area is 170 Å². The van der Waals surface area contributed by atoms with Gasteiger partial charge >= 0.3 is 0 Å². The summed E-state index contributed by atoms with van der Waals surface area (Å²) in [5.74, 6) is -0.00150. The minimum Gasteiger partial charge on any atom is -0.505 e. The largest absolute Gasteiger partial charge is 0.505 e. The van der Waals surface area contributed by atoms with Crippen LogP contribution in [0.2, 0.25) is 0 Å². The number of azo groups is 1. The van der Waals surface area contributed by atoms with Crippen LogP contribution in [0.3, 0.4) is 0 Å². The molecule has 0 radical (unpaired) electrons. The number of aromatic hydroxyl groups is 1. The highest BCUT2D eigenvalue weighted by atomic mass is 16.5. The fraction of sp³-hybridized carbons (Fsp3) is 0.0455. The normalized spacial score (nSPS) is 11.1. The third kappa shape index (κ3) is 3.79. The number of aryl methyl sites for hydroxylation is 1. The molecule has 148 valence electrons. The number of anilines is 1. The average Bonchev–Trinajstić information content (AvgIpc) is 3.18. The van der Waals surface area contributed by atoms with Gasteiger partial charge in [-0.05, 0) is 42.6 Å². The van der Waals surface area contributed by atoms with Gasteiger partial charge in [0.25, 0.3) is 5.91 Å². The van der Waals surface area contributed by atoms with Crippen molar-refractivity contribution in [2.45, 2.75) is 6.92 Å². The van der Waals surface area contributed by atoms with Crippen LogP contribution in [-0.2, 0) is 0 Å². The van der Waals surface area contributed by atoms with Gasteiger partial charge in [-0.2, -0.15) is 0 Å². The molecule has 30 heavy (non-hydrogen) atoms. The quantitative estimate of drug-likeness (QED) is 0.347. The average molecular weight is 400 g/mol. The number of aldehydes is 1. The van der Waals surface area contributed by atoms with E-state index in [4.69, 9.17) is 4.52 Å². The van der Waals surface area contributed by atoms with Crippen LogP contribution in [0.1, 0.15) is 26.5 Å². The molecule has 0 aliphatic heterocycles. The zero-order valence-corrected chi connectivity index (χ0v) is 15.9. The molecule has 0 spiro atoms. The Bertz CT molecular complexity index is 1280. The molecule has 0 bridgehead atoms. The van der Waals surface area contributed by atoms with Crippen molar-refractivity contribution < 1.29 is 19.2 Å². The maximum atomic E-state index is 12.8. The lowest BCUT2D eigenvalue weighted by Gasteiger charge is -2.11. The van der Waals surface area contributed by atoms with Gasteiger partial charge in [-0.3, -0.25) is 9.59 Å². The maximum absolute atomic E-state index is 12.8. The summed E-state index contributed by atoms with van der Waals surface area (Å²) >= 11 is 0. The van der Waals surface area contributed by atoms with E-state index in [9.17, 15) is 14.7 Å². The van der Waals surface area contributed by atoms with E-state index < -0.39 is 5.91 Å². The summed E-state index contributed by atoms with van der Waals surface area (Å²) < 4.78 is 4.96. The van der Waals surface area contributed by atoms with Crippen molar-refractivity contribution in [3.63, 3.8) is 0 Å². The first-order valence-electron chi connectivity index (χ1n) is 9.01. The Balaban J connectivity index is 1.74. The molecule has 1 amide bonds.